The van der Waals surface area contributed by atoms with E-state index in [0.717, 1.165) is 82.5 Å². The molecule has 0 N–H and O–H groups in total. The highest BCUT2D eigenvalue weighted by atomic mass is 32.1. The zero-order valence-corrected chi connectivity index (χ0v) is 23.8. The summed E-state index contributed by atoms with van der Waals surface area (Å²) >= 11 is 8.71. The van der Waals surface area contributed by atoms with Crippen molar-refractivity contribution >= 4 is 47.3 Å². The number of fused-ring (bicyclic) bond motifs is 2. The molecule has 38 heavy (non-hydrogen) atoms. The molecule has 0 saturated heterocycles. The van der Waals surface area contributed by atoms with Crippen LogP contribution in [0.25, 0.3) is 45.1 Å². The summed E-state index contributed by atoms with van der Waals surface area (Å²) in [6, 6.07) is 23.0. The molecule has 0 amide bonds. The first kappa shape index (κ1) is 26.8. The Labute approximate surface area is 236 Å². The Kier molecular flexibility index (Phi) is 9.42. The lowest BCUT2D eigenvalue weighted by Gasteiger charge is -2.11. The SMILES string of the molecule is SCCCCCCn1c(-c2cccc(-c3nc4ccccc4n3CCCCCCS)n2)nc2ccccc21. The number of benzene rings is 2. The van der Waals surface area contributed by atoms with E-state index in [2.05, 4.69) is 101 Å². The summed E-state index contributed by atoms with van der Waals surface area (Å²) in [7, 11) is 0. The molecule has 5 nitrogen and oxygen atoms in total. The van der Waals surface area contributed by atoms with Crippen molar-refractivity contribution in [2.24, 2.45) is 0 Å². The molecule has 0 spiro atoms. The molecule has 3 heterocycles. The standard InChI is InChI=1S/C31H37N5S2/c37-22-11-3-1-9-20-35-28-18-7-5-14-24(28)33-30(35)26-16-13-17-27(32-26)31-34-25-15-6-8-19-29(25)36(31)21-10-2-4-12-23-38/h5-8,13-19,37-38H,1-4,9-12,20-23H2. The molecular formula is C31H37N5S2. The number of imidazole rings is 2. The van der Waals surface area contributed by atoms with E-state index in [-0.39, 0.29) is 0 Å². The van der Waals surface area contributed by atoms with Crippen molar-refractivity contribution in [1.82, 2.24) is 24.1 Å². The van der Waals surface area contributed by atoms with E-state index >= 15 is 0 Å². The monoisotopic (exact) mass is 543 g/mol. The van der Waals surface area contributed by atoms with Gasteiger partial charge in [-0.3, -0.25) is 0 Å². The van der Waals surface area contributed by atoms with Crippen molar-refractivity contribution in [1.29, 1.82) is 0 Å². The van der Waals surface area contributed by atoms with E-state index in [4.69, 9.17) is 15.0 Å². The number of nitrogens with zero attached hydrogens (tertiary/aromatic N) is 5. The molecule has 0 aliphatic carbocycles. The van der Waals surface area contributed by atoms with Crippen LogP contribution in [-0.2, 0) is 13.1 Å². The van der Waals surface area contributed by atoms with Gasteiger partial charge in [0.05, 0.1) is 22.1 Å². The third-order valence-electron chi connectivity index (χ3n) is 7.10. The molecule has 0 aliphatic heterocycles. The van der Waals surface area contributed by atoms with Gasteiger partial charge >= 0.3 is 0 Å². The summed E-state index contributed by atoms with van der Waals surface area (Å²) < 4.78 is 4.68. The molecule has 0 fully saturated rings. The molecule has 0 radical (unpaired) electrons. The average molecular weight is 544 g/mol. The molecule has 2 aromatic carbocycles. The van der Waals surface area contributed by atoms with Gasteiger partial charge in [0.2, 0.25) is 0 Å². The van der Waals surface area contributed by atoms with Crippen LogP contribution in [0.3, 0.4) is 0 Å². The summed E-state index contributed by atoms with van der Waals surface area (Å²) in [6.45, 7) is 1.86. The van der Waals surface area contributed by atoms with Crippen LogP contribution < -0.4 is 0 Å². The fourth-order valence-corrected chi connectivity index (χ4v) is 5.60. The van der Waals surface area contributed by atoms with Crippen molar-refractivity contribution < 1.29 is 0 Å². The van der Waals surface area contributed by atoms with Gasteiger partial charge in [0.15, 0.2) is 11.6 Å². The summed E-state index contributed by atoms with van der Waals surface area (Å²) in [4.78, 5) is 15.2. The Morgan fingerprint density at radius 2 is 0.921 bits per heavy atom. The van der Waals surface area contributed by atoms with Crippen LogP contribution >= 0.6 is 25.3 Å². The minimum absolute atomic E-state index is 0.890. The first-order chi connectivity index (χ1) is 18.8. The lowest BCUT2D eigenvalue weighted by Crippen LogP contribution is -2.04. The van der Waals surface area contributed by atoms with Gasteiger partial charge in [-0.25, -0.2) is 15.0 Å². The van der Waals surface area contributed by atoms with Crippen LogP contribution in [0.5, 0.6) is 0 Å². The summed E-state index contributed by atoms with van der Waals surface area (Å²) in [5, 5.41) is 0. The van der Waals surface area contributed by atoms with E-state index in [1.165, 1.54) is 38.5 Å². The van der Waals surface area contributed by atoms with Crippen LogP contribution in [0, 0.1) is 0 Å². The van der Waals surface area contributed by atoms with Crippen LogP contribution in [0.2, 0.25) is 0 Å². The van der Waals surface area contributed by atoms with Gasteiger partial charge < -0.3 is 9.13 Å². The van der Waals surface area contributed by atoms with Crippen molar-refractivity contribution in [3.05, 3.63) is 66.7 Å². The Balaban J connectivity index is 1.48. The highest BCUT2D eigenvalue weighted by molar-refractivity contribution is 7.80. The maximum Gasteiger partial charge on any atom is 0.159 e. The highest BCUT2D eigenvalue weighted by Gasteiger charge is 2.17. The fraction of sp³-hybridized carbons (Fsp3) is 0.387. The molecule has 5 aromatic rings. The molecule has 0 bridgehead atoms. The van der Waals surface area contributed by atoms with E-state index in [1.54, 1.807) is 0 Å². The number of thiol groups is 2. The second-order valence-electron chi connectivity index (χ2n) is 9.84. The van der Waals surface area contributed by atoms with Gasteiger partial charge in [0.1, 0.15) is 11.4 Å². The molecule has 3 aromatic heterocycles. The number of aromatic nitrogens is 5. The van der Waals surface area contributed by atoms with Gasteiger partial charge in [-0.15, -0.1) is 0 Å². The van der Waals surface area contributed by atoms with Crippen LogP contribution in [-0.4, -0.2) is 35.6 Å². The average Bonchev–Trinajstić information content (AvgIpc) is 3.52. The van der Waals surface area contributed by atoms with Crippen molar-refractivity contribution in [2.75, 3.05) is 11.5 Å². The number of unbranched alkanes of at least 4 members (excludes halogenated alkanes) is 6. The number of hydrogen-bond acceptors (Lipinski definition) is 5. The minimum atomic E-state index is 0.890. The summed E-state index contributed by atoms with van der Waals surface area (Å²) in [5.41, 5.74) is 6.13. The van der Waals surface area contributed by atoms with Gasteiger partial charge in [-0.2, -0.15) is 25.3 Å². The van der Waals surface area contributed by atoms with Gasteiger partial charge in [-0.1, -0.05) is 56.0 Å². The quantitative estimate of drug-likeness (QED) is 0.110. The summed E-state index contributed by atoms with van der Waals surface area (Å²) in [6.07, 6.45) is 9.37. The Morgan fingerprint density at radius 3 is 1.39 bits per heavy atom. The predicted molar refractivity (Wildman–Crippen MR) is 166 cm³/mol. The van der Waals surface area contributed by atoms with Gasteiger partial charge in [0.25, 0.3) is 0 Å². The van der Waals surface area contributed by atoms with Crippen LogP contribution in [0.15, 0.2) is 66.7 Å². The van der Waals surface area contributed by atoms with Crippen LogP contribution in [0.4, 0.5) is 0 Å². The number of pyridine rings is 1. The topological polar surface area (TPSA) is 48.5 Å². The normalized spacial score (nSPS) is 11.6. The zero-order valence-electron chi connectivity index (χ0n) is 22.0. The Bertz CT molecular complexity index is 1360. The molecular weight excluding hydrogens is 507 g/mol. The molecule has 0 saturated carbocycles. The third-order valence-corrected chi connectivity index (χ3v) is 7.73. The Hall–Kier alpha value is -2.77. The van der Waals surface area contributed by atoms with E-state index in [1.807, 2.05) is 0 Å². The van der Waals surface area contributed by atoms with Crippen LogP contribution in [0.1, 0.15) is 51.4 Å². The van der Waals surface area contributed by atoms with Crippen molar-refractivity contribution in [3.63, 3.8) is 0 Å². The number of aryl methyl sites for hydroxylation is 2. The summed E-state index contributed by atoms with van der Waals surface area (Å²) in [5.74, 6) is 3.76. The number of hydrogen-bond donors (Lipinski definition) is 2. The second-order valence-corrected chi connectivity index (χ2v) is 10.7. The fourth-order valence-electron chi connectivity index (χ4n) is 5.15. The minimum Gasteiger partial charge on any atom is -0.323 e. The van der Waals surface area contributed by atoms with Gasteiger partial charge in [0, 0.05) is 13.1 Å². The maximum atomic E-state index is 5.15. The van der Waals surface area contributed by atoms with E-state index in [9.17, 15) is 0 Å². The zero-order chi connectivity index (χ0) is 26.2. The molecule has 7 heteroatoms. The first-order valence-corrected chi connectivity index (χ1v) is 15.2. The third kappa shape index (κ3) is 6.10. The van der Waals surface area contributed by atoms with Gasteiger partial charge in [-0.05, 0) is 73.6 Å². The van der Waals surface area contributed by atoms with E-state index in [0.29, 0.717) is 0 Å². The van der Waals surface area contributed by atoms with Crippen molar-refractivity contribution in [2.45, 2.75) is 64.5 Å². The second kappa shape index (κ2) is 13.3. The van der Waals surface area contributed by atoms with E-state index < -0.39 is 0 Å². The highest BCUT2D eigenvalue weighted by Crippen LogP contribution is 2.29. The largest absolute Gasteiger partial charge is 0.323 e. The smallest absolute Gasteiger partial charge is 0.159 e. The lowest BCUT2D eigenvalue weighted by molar-refractivity contribution is 0.595. The maximum absolute atomic E-state index is 5.15. The number of para-hydroxylation sites is 4. The van der Waals surface area contributed by atoms with Crippen molar-refractivity contribution in [3.8, 4) is 23.0 Å². The Morgan fingerprint density at radius 1 is 0.474 bits per heavy atom. The molecule has 0 aliphatic rings. The lowest BCUT2D eigenvalue weighted by atomic mass is 10.2. The molecule has 0 unspecified atom stereocenters. The molecule has 0 atom stereocenters. The predicted octanol–water partition coefficient (Wildman–Crippen LogP) is 8.10. The first-order valence-electron chi connectivity index (χ1n) is 13.9. The number of rotatable bonds is 14. The molecule has 5 rings (SSSR count). The molecule has 198 valence electrons.